The number of Topliss-reactive ketones (excluding diaryl/α,β-unsaturated/α-hetero) is 1. The number of hydrogen-bond donors (Lipinski definition) is 1. The van der Waals surface area contributed by atoms with Crippen molar-refractivity contribution >= 4 is 23.4 Å². The van der Waals surface area contributed by atoms with Gasteiger partial charge in [-0.05, 0) is 18.3 Å². The number of halogens is 1. The molecular weight excluding hydrogens is 192 g/mol. The number of carboxylic acids is 1. The maximum atomic E-state index is 11.3. The number of carboxylic acid groups (broad SMARTS) is 1. The summed E-state index contributed by atoms with van der Waals surface area (Å²) in [5.41, 5.74) is 0. The van der Waals surface area contributed by atoms with Crippen LogP contribution in [0.25, 0.3) is 0 Å². The first kappa shape index (κ1) is 9.00. The Balaban J connectivity index is 2.23. The van der Waals surface area contributed by atoms with E-state index in [1.807, 2.05) is 0 Å². The molecule has 1 N–H and O–H groups in total. The molecule has 0 aromatic heterocycles. The number of ketones is 1. The molecule has 2 saturated carbocycles. The SMILES string of the molecule is O=C1CC2CC1C(CCl)C2C(=O)O. The van der Waals surface area contributed by atoms with E-state index in [0.717, 1.165) is 6.42 Å². The molecule has 4 atom stereocenters. The Hall–Kier alpha value is -0.570. The van der Waals surface area contributed by atoms with E-state index in [0.29, 0.717) is 12.3 Å². The van der Waals surface area contributed by atoms with Crippen LogP contribution in [0.15, 0.2) is 0 Å². The van der Waals surface area contributed by atoms with Crippen LogP contribution in [0.1, 0.15) is 12.8 Å². The summed E-state index contributed by atoms with van der Waals surface area (Å²) in [6.07, 6.45) is 1.20. The normalized spacial score (nSPS) is 42.7. The Morgan fingerprint density at radius 2 is 2.31 bits per heavy atom. The molecule has 4 unspecified atom stereocenters. The van der Waals surface area contributed by atoms with Gasteiger partial charge in [0.2, 0.25) is 0 Å². The maximum absolute atomic E-state index is 11.3. The highest BCUT2D eigenvalue weighted by Gasteiger charge is 2.54. The molecule has 3 nitrogen and oxygen atoms in total. The molecule has 2 bridgehead atoms. The molecule has 72 valence electrons. The quantitative estimate of drug-likeness (QED) is 0.684. The average molecular weight is 203 g/mol. The summed E-state index contributed by atoms with van der Waals surface area (Å²) in [6, 6.07) is 0. The predicted octanol–water partition coefficient (Wildman–Crippen LogP) is 1.15. The highest BCUT2D eigenvalue weighted by atomic mass is 35.5. The van der Waals surface area contributed by atoms with Crippen LogP contribution in [0.3, 0.4) is 0 Å². The zero-order valence-electron chi connectivity index (χ0n) is 7.07. The fraction of sp³-hybridized carbons (Fsp3) is 0.778. The van der Waals surface area contributed by atoms with Crippen molar-refractivity contribution in [1.29, 1.82) is 0 Å². The Morgan fingerprint density at radius 1 is 1.62 bits per heavy atom. The summed E-state index contributed by atoms with van der Waals surface area (Å²) >= 11 is 5.69. The molecule has 0 heterocycles. The number of hydrogen-bond acceptors (Lipinski definition) is 2. The van der Waals surface area contributed by atoms with Crippen molar-refractivity contribution in [2.45, 2.75) is 12.8 Å². The van der Waals surface area contributed by atoms with Crippen LogP contribution in [-0.4, -0.2) is 22.7 Å². The third-order valence-corrected chi connectivity index (χ3v) is 3.74. The Labute approximate surface area is 81.1 Å². The molecule has 0 saturated heterocycles. The van der Waals surface area contributed by atoms with Gasteiger partial charge in [0, 0.05) is 18.2 Å². The summed E-state index contributed by atoms with van der Waals surface area (Å²) in [4.78, 5) is 22.2. The van der Waals surface area contributed by atoms with Gasteiger partial charge in [-0.1, -0.05) is 0 Å². The lowest BCUT2D eigenvalue weighted by Crippen LogP contribution is -2.34. The van der Waals surface area contributed by atoms with E-state index in [2.05, 4.69) is 0 Å². The molecule has 2 fully saturated rings. The Kier molecular flexibility index (Phi) is 2.06. The van der Waals surface area contributed by atoms with Gasteiger partial charge in [0.1, 0.15) is 5.78 Å². The zero-order chi connectivity index (χ0) is 9.59. The van der Waals surface area contributed by atoms with Crippen molar-refractivity contribution < 1.29 is 14.7 Å². The number of aliphatic carboxylic acids is 1. The third kappa shape index (κ3) is 1.17. The van der Waals surface area contributed by atoms with Gasteiger partial charge in [0.25, 0.3) is 0 Å². The van der Waals surface area contributed by atoms with Gasteiger partial charge in [-0.3, -0.25) is 9.59 Å². The molecule has 4 heteroatoms. The van der Waals surface area contributed by atoms with Crippen molar-refractivity contribution in [3.63, 3.8) is 0 Å². The second-order valence-electron chi connectivity index (χ2n) is 3.95. The molecule has 2 aliphatic carbocycles. The van der Waals surface area contributed by atoms with Gasteiger partial charge in [0.05, 0.1) is 5.92 Å². The molecule has 0 aromatic rings. The largest absolute Gasteiger partial charge is 0.481 e. The summed E-state index contributed by atoms with van der Waals surface area (Å²) in [5, 5.41) is 8.95. The number of alkyl halides is 1. The first-order chi connectivity index (χ1) is 6.15. The Morgan fingerprint density at radius 3 is 2.85 bits per heavy atom. The first-order valence-corrected chi connectivity index (χ1v) is 5.00. The van der Waals surface area contributed by atoms with Crippen LogP contribution in [0.5, 0.6) is 0 Å². The number of fused-ring (bicyclic) bond motifs is 2. The minimum absolute atomic E-state index is 0.0544. The second kappa shape index (κ2) is 2.98. The molecule has 2 rings (SSSR count). The molecule has 0 aliphatic heterocycles. The van der Waals surface area contributed by atoms with Crippen LogP contribution < -0.4 is 0 Å². The molecule has 0 aromatic carbocycles. The number of carbonyl (C=O) groups is 2. The number of carbonyl (C=O) groups excluding carboxylic acids is 1. The average Bonchev–Trinajstić information content (AvgIpc) is 2.58. The minimum atomic E-state index is -0.786. The maximum Gasteiger partial charge on any atom is 0.307 e. The fourth-order valence-corrected chi connectivity index (χ4v) is 3.23. The molecule has 13 heavy (non-hydrogen) atoms. The van der Waals surface area contributed by atoms with Crippen LogP contribution in [-0.2, 0) is 9.59 Å². The topological polar surface area (TPSA) is 54.4 Å². The molecule has 0 radical (unpaired) electrons. The van der Waals surface area contributed by atoms with E-state index < -0.39 is 5.97 Å². The van der Waals surface area contributed by atoms with Crippen molar-refractivity contribution in [1.82, 2.24) is 0 Å². The highest BCUT2D eigenvalue weighted by Crippen LogP contribution is 2.50. The lowest BCUT2D eigenvalue weighted by Gasteiger charge is -2.25. The monoisotopic (exact) mass is 202 g/mol. The van der Waals surface area contributed by atoms with E-state index in [-0.39, 0.29) is 29.5 Å². The fourth-order valence-electron chi connectivity index (χ4n) is 2.83. The van der Waals surface area contributed by atoms with Gasteiger partial charge in [-0.2, -0.15) is 0 Å². The zero-order valence-corrected chi connectivity index (χ0v) is 7.83. The Bertz CT molecular complexity index is 264. The summed E-state index contributed by atoms with van der Waals surface area (Å²) in [6.45, 7) is 0. The molecular formula is C9H11ClO3. The van der Waals surface area contributed by atoms with Crippen LogP contribution >= 0.6 is 11.6 Å². The van der Waals surface area contributed by atoms with Gasteiger partial charge in [0.15, 0.2) is 0 Å². The summed E-state index contributed by atoms with van der Waals surface area (Å²) in [5.74, 6) is -0.782. The molecule has 2 aliphatic rings. The number of rotatable bonds is 2. The van der Waals surface area contributed by atoms with E-state index in [1.165, 1.54) is 0 Å². The van der Waals surface area contributed by atoms with Gasteiger partial charge in [-0.25, -0.2) is 0 Å². The first-order valence-electron chi connectivity index (χ1n) is 4.46. The van der Waals surface area contributed by atoms with Gasteiger partial charge >= 0.3 is 5.97 Å². The van der Waals surface area contributed by atoms with Gasteiger partial charge < -0.3 is 5.11 Å². The van der Waals surface area contributed by atoms with Crippen LogP contribution in [0.4, 0.5) is 0 Å². The standard InChI is InChI=1S/C9H11ClO3/c10-3-6-5-1-4(2-7(5)11)8(6)9(12)13/h4-6,8H,1-3H2,(H,12,13). The lowest BCUT2D eigenvalue weighted by atomic mass is 9.80. The highest BCUT2D eigenvalue weighted by molar-refractivity contribution is 6.18. The van der Waals surface area contributed by atoms with Crippen LogP contribution in [0.2, 0.25) is 0 Å². The predicted molar refractivity (Wildman–Crippen MR) is 46.6 cm³/mol. The van der Waals surface area contributed by atoms with Crippen LogP contribution in [0, 0.1) is 23.7 Å². The smallest absolute Gasteiger partial charge is 0.307 e. The van der Waals surface area contributed by atoms with E-state index in [4.69, 9.17) is 16.7 Å². The second-order valence-corrected chi connectivity index (χ2v) is 4.26. The summed E-state index contributed by atoms with van der Waals surface area (Å²) < 4.78 is 0. The van der Waals surface area contributed by atoms with Gasteiger partial charge in [-0.15, -0.1) is 11.6 Å². The molecule has 0 amide bonds. The van der Waals surface area contributed by atoms with E-state index >= 15 is 0 Å². The van der Waals surface area contributed by atoms with Crippen molar-refractivity contribution in [3.8, 4) is 0 Å². The lowest BCUT2D eigenvalue weighted by molar-refractivity contribution is -0.146. The summed E-state index contributed by atoms with van der Waals surface area (Å²) in [7, 11) is 0. The van der Waals surface area contributed by atoms with E-state index in [1.54, 1.807) is 0 Å². The molecule has 0 spiro atoms. The van der Waals surface area contributed by atoms with Crippen molar-refractivity contribution in [2.75, 3.05) is 5.88 Å². The van der Waals surface area contributed by atoms with Crippen molar-refractivity contribution in [2.24, 2.45) is 23.7 Å². The third-order valence-electron chi connectivity index (χ3n) is 3.38. The minimum Gasteiger partial charge on any atom is -0.481 e. The van der Waals surface area contributed by atoms with E-state index in [9.17, 15) is 9.59 Å². The van der Waals surface area contributed by atoms with Crippen molar-refractivity contribution in [3.05, 3.63) is 0 Å².